The molecule has 1 amide bonds. The number of benzene rings is 1. The van der Waals surface area contributed by atoms with E-state index in [0.29, 0.717) is 23.9 Å². The van der Waals surface area contributed by atoms with Gasteiger partial charge in [0, 0.05) is 54.1 Å². The number of nitrogens with one attached hydrogen (secondary N) is 2. The van der Waals surface area contributed by atoms with Gasteiger partial charge in [0.2, 0.25) is 15.8 Å². The average molecular weight is 543 g/mol. The Balaban J connectivity index is 1.34. The predicted octanol–water partition coefficient (Wildman–Crippen LogP) is 3.24. The van der Waals surface area contributed by atoms with Crippen molar-refractivity contribution in [1.82, 2.24) is 20.2 Å². The minimum Gasteiger partial charge on any atom is -0.351 e. The zero-order chi connectivity index (χ0) is 26.4. The van der Waals surface area contributed by atoms with E-state index < -0.39 is 26.0 Å². The minimum absolute atomic E-state index is 0.105. The second kappa shape index (κ2) is 11.6. The van der Waals surface area contributed by atoms with Crippen molar-refractivity contribution in [2.24, 2.45) is 0 Å². The van der Waals surface area contributed by atoms with Gasteiger partial charge in [-0.3, -0.25) is 19.8 Å². The highest BCUT2D eigenvalue weighted by atomic mass is 32.2. The molecule has 4 rings (SSSR count). The molecule has 1 fully saturated rings. The molecule has 1 aliphatic heterocycles. The van der Waals surface area contributed by atoms with Crippen LogP contribution in [0.3, 0.4) is 0 Å². The number of likely N-dealkylation sites (tertiary alicyclic amines) is 1. The third kappa shape index (κ3) is 6.37. The third-order valence-corrected chi connectivity index (χ3v) is 9.64. The van der Waals surface area contributed by atoms with Gasteiger partial charge in [-0.1, -0.05) is 6.08 Å². The molecule has 3 aromatic rings. The molecular formula is C24H26N6O5S2. The molecule has 11 nitrogen and oxygen atoms in total. The first-order chi connectivity index (χ1) is 17.8. The van der Waals surface area contributed by atoms with Gasteiger partial charge in [-0.05, 0) is 43.2 Å². The zero-order valence-corrected chi connectivity index (χ0v) is 21.5. The number of non-ortho nitro benzene ring substituents is 1. The van der Waals surface area contributed by atoms with Crippen molar-refractivity contribution < 1.29 is 18.1 Å². The quantitative estimate of drug-likeness (QED) is 0.224. The topological polar surface area (TPSA) is 147 Å². The summed E-state index contributed by atoms with van der Waals surface area (Å²) >= 11 is 1.10. The highest BCUT2D eigenvalue weighted by molar-refractivity contribution is 7.94. The second-order valence-electron chi connectivity index (χ2n) is 8.41. The number of hydrogen-bond donors (Lipinski definition) is 2. The number of sulfone groups is 1. The van der Waals surface area contributed by atoms with Gasteiger partial charge in [-0.25, -0.2) is 18.4 Å². The number of amides is 1. The summed E-state index contributed by atoms with van der Waals surface area (Å²) < 4.78 is 27.0. The number of rotatable bonds is 10. The molecule has 1 aromatic carbocycles. The summed E-state index contributed by atoms with van der Waals surface area (Å²) in [5.74, 6) is 0.148. The standard InChI is InChI=1S/C24H26N6O5S2/c1-2-21(29-14-10-18(11-15-29)28-24-25-12-3-13-26-24)37(34,35)22-9-8-20(36-22)16-27-23(31)17-4-6-19(7-5-17)30(32)33/h2-9,12-13,18,21H,1,10-11,14-16H2,(H,27,31)(H,25,26,28). The van der Waals surface area contributed by atoms with Crippen molar-refractivity contribution >= 4 is 38.7 Å². The van der Waals surface area contributed by atoms with Gasteiger partial charge in [0.05, 0.1) is 11.5 Å². The van der Waals surface area contributed by atoms with Crippen LogP contribution in [0.4, 0.5) is 11.6 Å². The predicted molar refractivity (Wildman–Crippen MR) is 140 cm³/mol. The van der Waals surface area contributed by atoms with Crippen LogP contribution in [0, 0.1) is 10.1 Å². The molecule has 0 bridgehead atoms. The smallest absolute Gasteiger partial charge is 0.269 e. The Labute approximate surface area is 218 Å². The summed E-state index contributed by atoms with van der Waals surface area (Å²) in [6.07, 6.45) is 6.27. The van der Waals surface area contributed by atoms with Gasteiger partial charge in [0.1, 0.15) is 9.58 Å². The van der Waals surface area contributed by atoms with Crippen LogP contribution in [0.1, 0.15) is 28.1 Å². The molecule has 2 N–H and O–H groups in total. The van der Waals surface area contributed by atoms with Gasteiger partial charge >= 0.3 is 0 Å². The van der Waals surface area contributed by atoms with Crippen molar-refractivity contribution in [1.29, 1.82) is 0 Å². The second-order valence-corrected chi connectivity index (χ2v) is 11.8. The van der Waals surface area contributed by atoms with Crippen LogP contribution in [0.5, 0.6) is 0 Å². The van der Waals surface area contributed by atoms with Gasteiger partial charge in [0.25, 0.3) is 11.6 Å². The molecule has 194 valence electrons. The zero-order valence-electron chi connectivity index (χ0n) is 19.8. The van der Waals surface area contributed by atoms with Gasteiger partial charge in [-0.15, -0.1) is 17.9 Å². The van der Waals surface area contributed by atoms with Crippen LogP contribution >= 0.6 is 11.3 Å². The number of piperidine rings is 1. The molecule has 1 aliphatic rings. The molecule has 3 heterocycles. The van der Waals surface area contributed by atoms with E-state index in [1.165, 1.54) is 30.3 Å². The number of hydrogen-bond acceptors (Lipinski definition) is 10. The number of nitro benzene ring substituents is 1. The maximum Gasteiger partial charge on any atom is 0.269 e. The molecule has 0 radical (unpaired) electrons. The van der Waals surface area contributed by atoms with E-state index in [4.69, 9.17) is 0 Å². The number of nitro groups is 1. The summed E-state index contributed by atoms with van der Waals surface area (Å²) in [6, 6.07) is 10.4. The van der Waals surface area contributed by atoms with E-state index >= 15 is 0 Å². The fourth-order valence-corrected chi connectivity index (χ4v) is 7.16. The van der Waals surface area contributed by atoms with Crippen LogP contribution < -0.4 is 10.6 Å². The highest BCUT2D eigenvalue weighted by Crippen LogP contribution is 2.29. The number of anilines is 1. The Bertz CT molecular complexity index is 1350. The highest BCUT2D eigenvalue weighted by Gasteiger charge is 2.34. The fourth-order valence-electron chi connectivity index (χ4n) is 4.06. The Morgan fingerprint density at radius 3 is 2.49 bits per heavy atom. The lowest BCUT2D eigenvalue weighted by Gasteiger charge is -2.35. The Morgan fingerprint density at radius 1 is 1.19 bits per heavy atom. The molecule has 0 saturated carbocycles. The Kier molecular flexibility index (Phi) is 8.26. The Morgan fingerprint density at radius 2 is 1.86 bits per heavy atom. The van der Waals surface area contributed by atoms with E-state index in [9.17, 15) is 23.3 Å². The van der Waals surface area contributed by atoms with Crippen LogP contribution in [0.15, 0.2) is 71.7 Å². The van der Waals surface area contributed by atoms with Crippen molar-refractivity contribution in [3.8, 4) is 0 Å². The number of aromatic nitrogens is 2. The Hall–Kier alpha value is -3.68. The van der Waals surface area contributed by atoms with Gasteiger partial charge in [0.15, 0.2) is 0 Å². The van der Waals surface area contributed by atoms with E-state index in [2.05, 4.69) is 27.2 Å². The van der Waals surface area contributed by atoms with Crippen molar-refractivity contribution in [2.45, 2.75) is 35.0 Å². The molecule has 0 spiro atoms. The fraction of sp³-hybridized carbons (Fsp3) is 0.292. The third-order valence-electron chi connectivity index (χ3n) is 5.99. The van der Waals surface area contributed by atoms with Crippen molar-refractivity contribution in [3.63, 3.8) is 0 Å². The van der Waals surface area contributed by atoms with E-state index in [-0.39, 0.29) is 28.0 Å². The van der Waals surface area contributed by atoms with E-state index in [0.717, 1.165) is 24.2 Å². The number of carbonyl (C=O) groups is 1. The van der Waals surface area contributed by atoms with Gasteiger partial charge < -0.3 is 10.6 Å². The lowest BCUT2D eigenvalue weighted by Crippen LogP contribution is -2.47. The summed E-state index contributed by atoms with van der Waals surface area (Å²) in [5, 5.41) is 15.9. The average Bonchev–Trinajstić information content (AvgIpc) is 3.39. The SMILES string of the molecule is C=CC(N1CCC(Nc2ncccn2)CC1)S(=O)(=O)c1ccc(CNC(=O)c2ccc([N+](=O)[O-])cc2)s1. The van der Waals surface area contributed by atoms with Crippen LogP contribution in [-0.4, -0.2) is 58.6 Å². The molecule has 1 saturated heterocycles. The summed E-state index contributed by atoms with van der Waals surface area (Å²) in [5.41, 5.74) is 0.172. The minimum atomic E-state index is -3.71. The molecule has 13 heteroatoms. The van der Waals surface area contributed by atoms with Crippen LogP contribution in [0.2, 0.25) is 0 Å². The van der Waals surface area contributed by atoms with E-state index in [1.807, 2.05) is 4.90 Å². The summed E-state index contributed by atoms with van der Waals surface area (Å²) in [6.45, 7) is 5.06. The molecule has 1 unspecified atom stereocenters. The molecule has 2 aromatic heterocycles. The van der Waals surface area contributed by atoms with Crippen molar-refractivity contribution in [3.05, 3.63) is 88.1 Å². The largest absolute Gasteiger partial charge is 0.351 e. The molecule has 0 aliphatic carbocycles. The summed E-state index contributed by atoms with van der Waals surface area (Å²) in [7, 11) is -3.71. The lowest BCUT2D eigenvalue weighted by atomic mass is 10.1. The molecular weight excluding hydrogens is 516 g/mol. The molecule has 37 heavy (non-hydrogen) atoms. The normalized spacial score (nSPS) is 15.6. The monoisotopic (exact) mass is 542 g/mol. The number of nitrogens with zero attached hydrogens (tertiary/aromatic N) is 4. The van der Waals surface area contributed by atoms with Crippen LogP contribution in [-0.2, 0) is 16.4 Å². The maximum absolute atomic E-state index is 13.4. The summed E-state index contributed by atoms with van der Waals surface area (Å²) in [4.78, 5) is 33.5. The molecule has 1 atom stereocenters. The maximum atomic E-state index is 13.4. The lowest BCUT2D eigenvalue weighted by molar-refractivity contribution is -0.384. The van der Waals surface area contributed by atoms with Crippen molar-refractivity contribution in [2.75, 3.05) is 18.4 Å². The van der Waals surface area contributed by atoms with E-state index in [1.54, 1.807) is 30.6 Å². The first-order valence-electron chi connectivity index (χ1n) is 11.5. The first-order valence-corrected chi connectivity index (χ1v) is 13.9. The number of thiophene rings is 1. The number of carbonyl (C=O) groups excluding carboxylic acids is 1. The van der Waals surface area contributed by atoms with Crippen LogP contribution in [0.25, 0.3) is 0 Å². The first kappa shape index (κ1) is 26.4. The van der Waals surface area contributed by atoms with Gasteiger partial charge in [-0.2, -0.15) is 0 Å².